The predicted octanol–water partition coefficient (Wildman–Crippen LogP) is 7.83. The lowest BCUT2D eigenvalue weighted by Crippen LogP contribution is -2.43. The van der Waals surface area contributed by atoms with E-state index in [2.05, 4.69) is 38.1 Å². The first-order valence-electron chi connectivity index (χ1n) is 16.1. The van der Waals surface area contributed by atoms with Crippen molar-refractivity contribution in [2.45, 2.75) is 109 Å². The highest BCUT2D eigenvalue weighted by Crippen LogP contribution is 2.62. The van der Waals surface area contributed by atoms with Gasteiger partial charge in [-0.15, -0.1) is 0 Å². The average Bonchev–Trinajstić information content (AvgIpc) is 3.44. The number of ether oxygens (including phenoxy) is 1. The van der Waals surface area contributed by atoms with Gasteiger partial charge in [0.1, 0.15) is 11.5 Å². The molecule has 2 aromatic rings. The number of benzene rings is 2. The van der Waals surface area contributed by atoms with Crippen LogP contribution in [0.3, 0.4) is 0 Å². The van der Waals surface area contributed by atoms with Gasteiger partial charge in [0.2, 0.25) is 0 Å². The van der Waals surface area contributed by atoms with E-state index in [0.29, 0.717) is 47.0 Å². The van der Waals surface area contributed by atoms with Crippen molar-refractivity contribution >= 4 is 5.78 Å². The molecule has 212 valence electrons. The topological polar surface area (TPSA) is 66.8 Å². The Balaban J connectivity index is 1.07. The van der Waals surface area contributed by atoms with Crippen molar-refractivity contribution in [3.05, 3.63) is 52.6 Å². The second kappa shape index (κ2) is 8.84. The Morgan fingerprint density at radius 2 is 1.55 bits per heavy atom. The van der Waals surface area contributed by atoms with Gasteiger partial charge >= 0.3 is 0 Å². The molecular weight excluding hydrogens is 496 g/mol. The van der Waals surface area contributed by atoms with Crippen molar-refractivity contribution in [2.75, 3.05) is 0 Å². The van der Waals surface area contributed by atoms with Crippen LogP contribution < -0.4 is 4.74 Å². The fraction of sp³-hybridized carbons (Fsp3) is 0.639. The fourth-order valence-corrected chi connectivity index (χ4v) is 11.2. The van der Waals surface area contributed by atoms with E-state index in [1.54, 1.807) is 0 Å². The molecule has 0 heterocycles. The molecule has 0 amide bonds. The number of ketones is 1. The van der Waals surface area contributed by atoms with E-state index in [-0.39, 0.29) is 22.7 Å². The first kappa shape index (κ1) is 25.4. The molecule has 4 fully saturated rings. The lowest BCUT2D eigenvalue weighted by atomic mass is 9.55. The highest BCUT2D eigenvalue weighted by atomic mass is 16.5. The molecule has 6 aliphatic carbocycles. The lowest BCUT2D eigenvalue weighted by Gasteiger charge is -2.50. The predicted molar refractivity (Wildman–Crippen MR) is 155 cm³/mol. The number of aliphatic hydroxyl groups excluding tert-OH is 1. The SMILES string of the molecule is C[C@]12CC[C@@H]3c4ccc(O)c(Oc5ccc6c(c5)CC[C@@H]5[C@@H]6CC[C@]6(C)C(=O)CC[C@@H]56)c4CC[C@H]3[C@@H]1CC[C@@H]2O. The van der Waals surface area contributed by atoms with Gasteiger partial charge < -0.3 is 14.9 Å². The third-order valence-electron chi connectivity index (χ3n) is 13.4. The van der Waals surface area contributed by atoms with Gasteiger partial charge in [-0.1, -0.05) is 26.0 Å². The second-order valence-electron chi connectivity index (χ2n) is 14.8. The number of aromatic hydroxyl groups is 1. The highest BCUT2D eigenvalue weighted by Gasteiger charge is 2.56. The Morgan fingerprint density at radius 3 is 2.42 bits per heavy atom. The number of aryl methyl sites for hydroxylation is 1. The summed E-state index contributed by atoms with van der Waals surface area (Å²) in [7, 11) is 0. The number of phenolic OH excluding ortho intramolecular Hbond substituents is 1. The molecule has 0 spiro atoms. The number of fused-ring (bicyclic) bond motifs is 10. The van der Waals surface area contributed by atoms with Gasteiger partial charge in [-0.25, -0.2) is 0 Å². The number of carbonyl (C=O) groups is 1. The van der Waals surface area contributed by atoms with E-state index in [9.17, 15) is 15.0 Å². The molecule has 0 aromatic heterocycles. The summed E-state index contributed by atoms with van der Waals surface area (Å²) in [5, 5.41) is 21.7. The summed E-state index contributed by atoms with van der Waals surface area (Å²) in [4.78, 5) is 12.7. The number of hydrogen-bond acceptors (Lipinski definition) is 4. The first-order valence-corrected chi connectivity index (χ1v) is 16.1. The molecule has 4 nitrogen and oxygen atoms in total. The molecule has 2 aromatic carbocycles. The van der Waals surface area contributed by atoms with Crippen molar-refractivity contribution in [1.82, 2.24) is 0 Å². The van der Waals surface area contributed by atoms with E-state index in [4.69, 9.17) is 4.74 Å². The summed E-state index contributed by atoms with van der Waals surface area (Å²) in [6.07, 6.45) is 12.4. The van der Waals surface area contributed by atoms with Crippen molar-refractivity contribution in [3.8, 4) is 17.2 Å². The monoisotopic (exact) mass is 540 g/mol. The van der Waals surface area contributed by atoms with Crippen LogP contribution in [-0.2, 0) is 17.6 Å². The van der Waals surface area contributed by atoms with Gasteiger partial charge in [0.05, 0.1) is 6.10 Å². The molecule has 6 aliphatic rings. The number of hydrogen-bond donors (Lipinski definition) is 2. The van der Waals surface area contributed by atoms with Crippen LogP contribution in [0.4, 0.5) is 0 Å². The molecular formula is C36H44O4. The minimum Gasteiger partial charge on any atom is -0.504 e. The second-order valence-corrected chi connectivity index (χ2v) is 14.8. The summed E-state index contributed by atoms with van der Waals surface area (Å²) in [6.45, 7) is 4.57. The summed E-state index contributed by atoms with van der Waals surface area (Å²) in [5.41, 5.74) is 5.40. The summed E-state index contributed by atoms with van der Waals surface area (Å²) in [5.74, 6) is 5.66. The molecule has 8 rings (SSSR count). The fourth-order valence-electron chi connectivity index (χ4n) is 11.2. The summed E-state index contributed by atoms with van der Waals surface area (Å²) >= 11 is 0. The van der Waals surface area contributed by atoms with Crippen molar-refractivity contribution < 1.29 is 19.7 Å². The molecule has 0 saturated heterocycles. The maximum Gasteiger partial charge on any atom is 0.172 e. The Morgan fingerprint density at radius 1 is 0.800 bits per heavy atom. The van der Waals surface area contributed by atoms with Crippen LogP contribution in [0.5, 0.6) is 17.2 Å². The van der Waals surface area contributed by atoms with Gasteiger partial charge in [0.25, 0.3) is 0 Å². The molecule has 9 atom stereocenters. The Kier molecular flexibility index (Phi) is 5.61. The van der Waals surface area contributed by atoms with E-state index >= 15 is 0 Å². The zero-order valence-corrected chi connectivity index (χ0v) is 24.1. The quantitative estimate of drug-likeness (QED) is 0.407. The molecule has 0 aliphatic heterocycles. The third kappa shape index (κ3) is 3.44. The van der Waals surface area contributed by atoms with Crippen molar-refractivity contribution in [2.24, 2.45) is 34.5 Å². The number of aliphatic hydroxyl groups is 1. The minimum absolute atomic E-state index is 0.0707. The van der Waals surface area contributed by atoms with Gasteiger partial charge in [-0.05, 0) is 146 Å². The molecule has 4 heteroatoms. The number of rotatable bonds is 2. The van der Waals surface area contributed by atoms with Gasteiger partial charge in [-0.2, -0.15) is 0 Å². The number of carbonyl (C=O) groups excluding carboxylic acids is 1. The van der Waals surface area contributed by atoms with Crippen LogP contribution in [-0.4, -0.2) is 22.1 Å². The largest absolute Gasteiger partial charge is 0.504 e. The van der Waals surface area contributed by atoms with Crippen LogP contribution in [0.2, 0.25) is 0 Å². The van der Waals surface area contributed by atoms with Crippen LogP contribution in [0.1, 0.15) is 112 Å². The maximum absolute atomic E-state index is 12.7. The molecule has 4 saturated carbocycles. The van der Waals surface area contributed by atoms with Gasteiger partial charge in [0.15, 0.2) is 11.5 Å². The van der Waals surface area contributed by atoms with E-state index in [1.807, 2.05) is 6.07 Å². The van der Waals surface area contributed by atoms with Crippen molar-refractivity contribution in [3.63, 3.8) is 0 Å². The van der Waals surface area contributed by atoms with Crippen LogP contribution in [0, 0.1) is 34.5 Å². The van der Waals surface area contributed by atoms with E-state index in [1.165, 1.54) is 28.7 Å². The van der Waals surface area contributed by atoms with Gasteiger partial charge in [-0.3, -0.25) is 4.79 Å². The molecule has 0 bridgehead atoms. The molecule has 0 radical (unpaired) electrons. The lowest BCUT2D eigenvalue weighted by molar-refractivity contribution is -0.129. The van der Waals surface area contributed by atoms with E-state index in [0.717, 1.165) is 76.4 Å². The Labute approximate surface area is 238 Å². The van der Waals surface area contributed by atoms with Crippen LogP contribution >= 0.6 is 0 Å². The smallest absolute Gasteiger partial charge is 0.172 e. The van der Waals surface area contributed by atoms with Crippen LogP contribution in [0.15, 0.2) is 30.3 Å². The zero-order chi connectivity index (χ0) is 27.4. The Hall–Kier alpha value is -2.33. The Bertz CT molecular complexity index is 1380. The summed E-state index contributed by atoms with van der Waals surface area (Å²) in [6, 6.07) is 10.6. The normalized spacial score (nSPS) is 41.3. The minimum atomic E-state index is -0.156. The third-order valence-corrected chi connectivity index (χ3v) is 13.4. The number of Topliss-reactive ketones (excluding diaryl/α,β-unsaturated/α-hetero) is 1. The zero-order valence-electron chi connectivity index (χ0n) is 24.1. The molecule has 40 heavy (non-hydrogen) atoms. The van der Waals surface area contributed by atoms with Crippen molar-refractivity contribution in [1.29, 1.82) is 0 Å². The molecule has 0 unspecified atom stereocenters. The van der Waals surface area contributed by atoms with Gasteiger partial charge in [0, 0.05) is 17.4 Å². The van der Waals surface area contributed by atoms with E-state index < -0.39 is 0 Å². The average molecular weight is 541 g/mol. The maximum atomic E-state index is 12.7. The standard InChI is InChI=1S/C36H44O4/c1-35-17-15-24-22-6-4-21(19-20(22)3-5-26(24)29(35)10-13-32(35)38)40-34-28-8-7-27-25(23(28)9-12-31(34)37)16-18-36(2)30(27)11-14-33(36)39/h4,6,9,12,19,24-27,29-30,33,37,39H,3,5,7-8,10-11,13-18H2,1-2H3/t24-,25-,26-,27-,29+,30+,33+,35+,36+/m1/s1. The first-order chi connectivity index (χ1) is 19.3. The molecule has 2 N–H and O–H groups in total. The summed E-state index contributed by atoms with van der Waals surface area (Å²) < 4.78 is 6.58. The highest BCUT2D eigenvalue weighted by molar-refractivity contribution is 5.87. The number of phenols is 1. The van der Waals surface area contributed by atoms with Crippen LogP contribution in [0.25, 0.3) is 0 Å².